The molecule has 0 aliphatic rings. The highest BCUT2D eigenvalue weighted by Gasteiger charge is 2.10. The van der Waals surface area contributed by atoms with Crippen LogP contribution in [0.4, 0.5) is 0 Å². The highest BCUT2D eigenvalue weighted by molar-refractivity contribution is 5.49. The maximum absolute atomic E-state index is 10.1. The smallest absolute Gasteiger partial charge is 0.120 e. The van der Waals surface area contributed by atoms with E-state index in [1.54, 1.807) is 0 Å². The van der Waals surface area contributed by atoms with Crippen molar-refractivity contribution in [2.75, 3.05) is 0 Å². The van der Waals surface area contributed by atoms with Crippen molar-refractivity contribution in [2.24, 2.45) is 11.8 Å². The van der Waals surface area contributed by atoms with Crippen LogP contribution in [0.3, 0.4) is 0 Å². The van der Waals surface area contributed by atoms with Gasteiger partial charge in [-0.3, -0.25) is 0 Å². The Morgan fingerprint density at radius 2 is 1.91 bits per heavy atom. The number of carbonyl (C=O) groups is 1. The van der Waals surface area contributed by atoms with Crippen molar-refractivity contribution < 1.29 is 4.79 Å². The minimum atomic E-state index is 0.731. The van der Waals surface area contributed by atoms with Gasteiger partial charge in [0.2, 0.25) is 0 Å². The summed E-state index contributed by atoms with van der Waals surface area (Å²) >= 11 is 0. The second-order valence-corrected chi connectivity index (χ2v) is 3.54. The molecule has 1 nitrogen and oxygen atoms in total. The molecular weight excluding hydrogens is 136 g/mol. The van der Waals surface area contributed by atoms with Crippen LogP contribution in [0.2, 0.25) is 0 Å². The normalized spacial score (nSPS) is 13.5. The SMILES string of the molecule is CCCC(CCC=O)C(C)C. The molecule has 0 amide bonds. The zero-order valence-corrected chi connectivity index (χ0v) is 7.97. The predicted molar refractivity (Wildman–Crippen MR) is 48.5 cm³/mol. The Morgan fingerprint density at radius 3 is 2.27 bits per heavy atom. The van der Waals surface area contributed by atoms with E-state index >= 15 is 0 Å². The molecule has 0 aliphatic carbocycles. The van der Waals surface area contributed by atoms with E-state index in [9.17, 15) is 4.79 Å². The van der Waals surface area contributed by atoms with Gasteiger partial charge in [-0.25, -0.2) is 0 Å². The Labute approximate surface area is 70.2 Å². The molecular formula is C10H20O. The topological polar surface area (TPSA) is 17.1 Å². The van der Waals surface area contributed by atoms with Gasteiger partial charge >= 0.3 is 0 Å². The highest BCUT2D eigenvalue weighted by Crippen LogP contribution is 2.21. The second-order valence-electron chi connectivity index (χ2n) is 3.54. The Hall–Kier alpha value is -0.330. The first-order chi connectivity index (χ1) is 5.22. The van der Waals surface area contributed by atoms with Crippen LogP contribution in [-0.4, -0.2) is 6.29 Å². The Morgan fingerprint density at radius 1 is 1.27 bits per heavy atom. The first kappa shape index (κ1) is 10.7. The summed E-state index contributed by atoms with van der Waals surface area (Å²) in [6.07, 6.45) is 5.36. The third-order valence-corrected chi connectivity index (χ3v) is 2.26. The van der Waals surface area contributed by atoms with Gasteiger partial charge in [-0.15, -0.1) is 0 Å². The molecule has 0 fully saturated rings. The quantitative estimate of drug-likeness (QED) is 0.540. The molecule has 1 unspecified atom stereocenters. The molecule has 0 N–H and O–H groups in total. The lowest BCUT2D eigenvalue weighted by molar-refractivity contribution is -0.108. The first-order valence-corrected chi connectivity index (χ1v) is 4.66. The number of rotatable bonds is 6. The molecule has 0 saturated heterocycles. The van der Waals surface area contributed by atoms with Crippen molar-refractivity contribution in [3.05, 3.63) is 0 Å². The zero-order valence-electron chi connectivity index (χ0n) is 7.97. The molecule has 1 heteroatoms. The van der Waals surface area contributed by atoms with Gasteiger partial charge in [0.15, 0.2) is 0 Å². The molecule has 0 bridgehead atoms. The van der Waals surface area contributed by atoms with Crippen LogP contribution in [0.25, 0.3) is 0 Å². The monoisotopic (exact) mass is 156 g/mol. The Kier molecular flexibility index (Phi) is 6.19. The third-order valence-electron chi connectivity index (χ3n) is 2.26. The molecule has 0 aromatic rings. The van der Waals surface area contributed by atoms with Gasteiger partial charge in [0.25, 0.3) is 0 Å². The fraction of sp³-hybridized carbons (Fsp3) is 0.900. The van der Waals surface area contributed by atoms with Gasteiger partial charge in [-0.1, -0.05) is 33.6 Å². The molecule has 66 valence electrons. The standard InChI is InChI=1S/C10H20O/c1-4-6-10(9(2)3)7-5-8-11/h8-10H,4-7H2,1-3H3. The summed E-state index contributed by atoms with van der Waals surface area (Å²) in [5.74, 6) is 1.49. The van der Waals surface area contributed by atoms with E-state index in [0.29, 0.717) is 0 Å². The lowest BCUT2D eigenvalue weighted by atomic mass is 9.88. The van der Waals surface area contributed by atoms with Crippen LogP contribution < -0.4 is 0 Å². The van der Waals surface area contributed by atoms with Crippen LogP contribution >= 0.6 is 0 Å². The number of carbonyl (C=O) groups excluding carboxylic acids is 1. The fourth-order valence-corrected chi connectivity index (χ4v) is 1.46. The number of hydrogen-bond donors (Lipinski definition) is 0. The number of aldehydes is 1. The molecule has 0 aromatic carbocycles. The maximum atomic E-state index is 10.1. The van der Waals surface area contributed by atoms with Crippen LogP contribution in [0, 0.1) is 11.8 Å². The lowest BCUT2D eigenvalue weighted by Crippen LogP contribution is -2.08. The van der Waals surface area contributed by atoms with Crippen molar-refractivity contribution in [1.29, 1.82) is 0 Å². The van der Waals surface area contributed by atoms with Crippen molar-refractivity contribution in [2.45, 2.75) is 46.5 Å². The van der Waals surface area contributed by atoms with Gasteiger partial charge < -0.3 is 4.79 Å². The first-order valence-electron chi connectivity index (χ1n) is 4.66. The number of hydrogen-bond acceptors (Lipinski definition) is 1. The molecule has 0 rings (SSSR count). The summed E-state index contributed by atoms with van der Waals surface area (Å²) < 4.78 is 0. The van der Waals surface area contributed by atoms with E-state index < -0.39 is 0 Å². The van der Waals surface area contributed by atoms with Gasteiger partial charge in [-0.05, 0) is 18.3 Å². The largest absolute Gasteiger partial charge is 0.303 e. The second kappa shape index (κ2) is 6.38. The average molecular weight is 156 g/mol. The molecule has 0 spiro atoms. The van der Waals surface area contributed by atoms with E-state index in [1.807, 2.05) is 0 Å². The average Bonchev–Trinajstić information content (AvgIpc) is 1.97. The van der Waals surface area contributed by atoms with Gasteiger partial charge in [0.05, 0.1) is 0 Å². The van der Waals surface area contributed by atoms with Crippen LogP contribution in [0.15, 0.2) is 0 Å². The van der Waals surface area contributed by atoms with E-state index in [4.69, 9.17) is 0 Å². The van der Waals surface area contributed by atoms with Gasteiger partial charge in [0.1, 0.15) is 6.29 Å². The molecule has 0 saturated carbocycles. The summed E-state index contributed by atoms with van der Waals surface area (Å²) in [5, 5.41) is 0. The van der Waals surface area contributed by atoms with Crippen molar-refractivity contribution >= 4 is 6.29 Å². The maximum Gasteiger partial charge on any atom is 0.120 e. The Balaban J connectivity index is 3.59. The molecule has 0 heterocycles. The third kappa shape index (κ3) is 5.00. The van der Waals surface area contributed by atoms with Crippen molar-refractivity contribution in [3.8, 4) is 0 Å². The molecule has 0 aromatic heterocycles. The van der Waals surface area contributed by atoms with Crippen molar-refractivity contribution in [1.82, 2.24) is 0 Å². The van der Waals surface area contributed by atoms with E-state index in [0.717, 1.165) is 31.0 Å². The van der Waals surface area contributed by atoms with Crippen LogP contribution in [-0.2, 0) is 4.79 Å². The van der Waals surface area contributed by atoms with E-state index in [-0.39, 0.29) is 0 Å². The van der Waals surface area contributed by atoms with E-state index in [2.05, 4.69) is 20.8 Å². The zero-order chi connectivity index (χ0) is 8.69. The molecule has 1 atom stereocenters. The Bertz CT molecular complexity index is 97.0. The summed E-state index contributed by atoms with van der Waals surface area (Å²) in [6.45, 7) is 6.69. The summed E-state index contributed by atoms with van der Waals surface area (Å²) in [5.41, 5.74) is 0. The summed E-state index contributed by atoms with van der Waals surface area (Å²) in [7, 11) is 0. The minimum Gasteiger partial charge on any atom is -0.303 e. The summed E-state index contributed by atoms with van der Waals surface area (Å²) in [4.78, 5) is 10.1. The molecule has 0 radical (unpaired) electrons. The minimum absolute atomic E-state index is 0.731. The van der Waals surface area contributed by atoms with E-state index in [1.165, 1.54) is 12.8 Å². The molecule has 0 aliphatic heterocycles. The van der Waals surface area contributed by atoms with Gasteiger partial charge in [-0.2, -0.15) is 0 Å². The fourth-order valence-electron chi connectivity index (χ4n) is 1.46. The summed E-state index contributed by atoms with van der Waals surface area (Å²) in [6, 6.07) is 0. The van der Waals surface area contributed by atoms with Crippen LogP contribution in [0.1, 0.15) is 46.5 Å². The van der Waals surface area contributed by atoms with Gasteiger partial charge in [0, 0.05) is 6.42 Å². The van der Waals surface area contributed by atoms with Crippen LogP contribution in [0.5, 0.6) is 0 Å². The lowest BCUT2D eigenvalue weighted by Gasteiger charge is -2.18. The predicted octanol–water partition coefficient (Wildman–Crippen LogP) is 3.04. The van der Waals surface area contributed by atoms with Crippen molar-refractivity contribution in [3.63, 3.8) is 0 Å². The highest BCUT2D eigenvalue weighted by atomic mass is 16.1. The molecule has 11 heavy (non-hydrogen) atoms.